The van der Waals surface area contributed by atoms with Crippen LogP contribution in [0, 0.1) is 0 Å². The van der Waals surface area contributed by atoms with E-state index in [1.165, 1.54) is 0 Å². The zero-order valence-electron chi connectivity index (χ0n) is 11.4. The van der Waals surface area contributed by atoms with E-state index >= 15 is 0 Å². The van der Waals surface area contributed by atoms with Gasteiger partial charge in [-0.3, -0.25) is 0 Å². The SMILES string of the molecule is OC(Cn1ccnc1)c1ccc(-c2ccc(Cl)cc2)cc1. The van der Waals surface area contributed by atoms with Gasteiger partial charge in [0.2, 0.25) is 0 Å². The van der Waals surface area contributed by atoms with Gasteiger partial charge in [0.1, 0.15) is 0 Å². The van der Waals surface area contributed by atoms with Crippen molar-refractivity contribution in [1.82, 2.24) is 9.55 Å². The first-order chi connectivity index (χ1) is 10.2. The first kappa shape index (κ1) is 13.9. The van der Waals surface area contributed by atoms with Crippen molar-refractivity contribution in [3.63, 3.8) is 0 Å². The Kier molecular flexibility index (Phi) is 4.04. The fourth-order valence-corrected chi connectivity index (χ4v) is 2.37. The lowest BCUT2D eigenvalue weighted by Gasteiger charge is -2.12. The van der Waals surface area contributed by atoms with Crippen LogP contribution < -0.4 is 0 Å². The quantitative estimate of drug-likeness (QED) is 0.792. The fraction of sp³-hybridized carbons (Fsp3) is 0.118. The van der Waals surface area contributed by atoms with E-state index in [-0.39, 0.29) is 0 Å². The Labute approximate surface area is 128 Å². The highest BCUT2D eigenvalue weighted by Crippen LogP contribution is 2.24. The lowest BCUT2D eigenvalue weighted by Crippen LogP contribution is -2.06. The minimum absolute atomic E-state index is 0.500. The van der Waals surface area contributed by atoms with E-state index in [4.69, 9.17) is 11.6 Å². The van der Waals surface area contributed by atoms with Crippen molar-refractivity contribution in [2.75, 3.05) is 0 Å². The van der Waals surface area contributed by atoms with E-state index in [9.17, 15) is 5.11 Å². The van der Waals surface area contributed by atoms with Crippen molar-refractivity contribution in [2.24, 2.45) is 0 Å². The first-order valence-electron chi connectivity index (χ1n) is 6.72. The van der Waals surface area contributed by atoms with Gasteiger partial charge in [-0.1, -0.05) is 48.0 Å². The normalized spacial score (nSPS) is 12.3. The number of aromatic nitrogens is 2. The summed E-state index contributed by atoms with van der Waals surface area (Å²) in [5.74, 6) is 0. The summed E-state index contributed by atoms with van der Waals surface area (Å²) in [5.41, 5.74) is 3.10. The number of aliphatic hydroxyl groups is 1. The second-order valence-electron chi connectivity index (χ2n) is 4.90. The Bertz CT molecular complexity index is 691. The number of hydrogen-bond acceptors (Lipinski definition) is 2. The molecule has 1 aromatic heterocycles. The molecule has 3 nitrogen and oxygen atoms in total. The van der Waals surface area contributed by atoms with Crippen LogP contribution in [0.25, 0.3) is 11.1 Å². The van der Waals surface area contributed by atoms with Gasteiger partial charge in [0.15, 0.2) is 0 Å². The van der Waals surface area contributed by atoms with Crippen molar-refractivity contribution in [1.29, 1.82) is 0 Å². The number of nitrogens with zero attached hydrogens (tertiary/aromatic N) is 2. The zero-order chi connectivity index (χ0) is 14.7. The molecular weight excluding hydrogens is 284 g/mol. The maximum absolute atomic E-state index is 10.2. The topological polar surface area (TPSA) is 38.0 Å². The van der Waals surface area contributed by atoms with Crippen LogP contribution in [0.1, 0.15) is 11.7 Å². The van der Waals surface area contributed by atoms with E-state index in [2.05, 4.69) is 4.98 Å². The van der Waals surface area contributed by atoms with Crippen LogP contribution >= 0.6 is 11.6 Å². The molecule has 3 aromatic rings. The summed E-state index contributed by atoms with van der Waals surface area (Å²) in [6, 6.07) is 15.6. The molecule has 1 N–H and O–H groups in total. The molecule has 0 aliphatic carbocycles. The molecule has 0 aliphatic heterocycles. The molecular formula is C17H15ClN2O. The Morgan fingerprint density at radius 1 is 1.00 bits per heavy atom. The van der Waals surface area contributed by atoms with Gasteiger partial charge in [0.25, 0.3) is 0 Å². The number of benzene rings is 2. The third-order valence-corrected chi connectivity index (χ3v) is 3.67. The van der Waals surface area contributed by atoms with Crippen LogP contribution in [0.2, 0.25) is 5.02 Å². The molecule has 0 bridgehead atoms. The molecule has 106 valence electrons. The van der Waals surface area contributed by atoms with Crippen LogP contribution in [0.4, 0.5) is 0 Å². The summed E-state index contributed by atoms with van der Waals surface area (Å²) in [6.45, 7) is 0.500. The number of imidazole rings is 1. The molecule has 0 aliphatic rings. The van der Waals surface area contributed by atoms with Crippen LogP contribution in [0.5, 0.6) is 0 Å². The molecule has 0 fully saturated rings. The van der Waals surface area contributed by atoms with E-state index < -0.39 is 6.10 Å². The van der Waals surface area contributed by atoms with Crippen molar-refractivity contribution >= 4 is 11.6 Å². The minimum atomic E-state index is -0.543. The van der Waals surface area contributed by atoms with Crippen molar-refractivity contribution in [3.05, 3.63) is 77.8 Å². The molecule has 0 saturated heterocycles. The Morgan fingerprint density at radius 2 is 1.62 bits per heavy atom. The van der Waals surface area contributed by atoms with Gasteiger partial charge in [-0.2, -0.15) is 0 Å². The molecule has 0 radical (unpaired) electrons. The Balaban J connectivity index is 1.75. The molecule has 0 saturated carbocycles. The summed E-state index contributed by atoms with van der Waals surface area (Å²) in [7, 11) is 0. The van der Waals surface area contributed by atoms with E-state index in [0.717, 1.165) is 21.7 Å². The van der Waals surface area contributed by atoms with Crippen molar-refractivity contribution < 1.29 is 5.11 Å². The Morgan fingerprint density at radius 3 is 2.19 bits per heavy atom. The maximum Gasteiger partial charge on any atom is 0.0969 e. The van der Waals surface area contributed by atoms with Gasteiger partial charge in [-0.05, 0) is 28.8 Å². The second-order valence-corrected chi connectivity index (χ2v) is 5.34. The average Bonchev–Trinajstić information content (AvgIpc) is 3.01. The largest absolute Gasteiger partial charge is 0.387 e. The van der Waals surface area contributed by atoms with Gasteiger partial charge < -0.3 is 9.67 Å². The van der Waals surface area contributed by atoms with Gasteiger partial charge in [0, 0.05) is 17.4 Å². The molecule has 2 aromatic carbocycles. The highest BCUT2D eigenvalue weighted by molar-refractivity contribution is 6.30. The lowest BCUT2D eigenvalue weighted by molar-refractivity contribution is 0.156. The molecule has 21 heavy (non-hydrogen) atoms. The average molecular weight is 299 g/mol. The number of rotatable bonds is 4. The minimum Gasteiger partial charge on any atom is -0.387 e. The van der Waals surface area contributed by atoms with E-state index in [1.807, 2.05) is 59.3 Å². The number of aliphatic hydroxyl groups excluding tert-OH is 1. The zero-order valence-corrected chi connectivity index (χ0v) is 12.1. The van der Waals surface area contributed by atoms with E-state index in [1.54, 1.807) is 12.5 Å². The van der Waals surface area contributed by atoms with E-state index in [0.29, 0.717) is 6.54 Å². The molecule has 3 rings (SSSR count). The fourth-order valence-electron chi connectivity index (χ4n) is 2.24. The van der Waals surface area contributed by atoms with Crippen LogP contribution in [0.15, 0.2) is 67.3 Å². The van der Waals surface area contributed by atoms with Crippen LogP contribution in [-0.2, 0) is 6.54 Å². The van der Waals surface area contributed by atoms with Gasteiger partial charge in [-0.25, -0.2) is 4.98 Å². The molecule has 1 heterocycles. The second kappa shape index (κ2) is 6.12. The molecule has 1 atom stereocenters. The van der Waals surface area contributed by atoms with Crippen molar-refractivity contribution in [2.45, 2.75) is 12.6 Å². The number of hydrogen-bond donors (Lipinski definition) is 1. The number of halogens is 1. The maximum atomic E-state index is 10.2. The van der Waals surface area contributed by atoms with Crippen molar-refractivity contribution in [3.8, 4) is 11.1 Å². The lowest BCUT2D eigenvalue weighted by atomic mass is 10.0. The summed E-state index contributed by atoms with van der Waals surface area (Å²) in [5, 5.41) is 11.0. The van der Waals surface area contributed by atoms with Crippen LogP contribution in [0.3, 0.4) is 0 Å². The molecule has 4 heteroatoms. The highest BCUT2D eigenvalue weighted by atomic mass is 35.5. The standard InChI is InChI=1S/C17H15ClN2O/c18-16-7-5-14(6-8-16)13-1-3-15(4-2-13)17(21)11-20-10-9-19-12-20/h1-10,12,17,21H,11H2. The third kappa shape index (κ3) is 3.32. The molecule has 0 amide bonds. The molecule has 1 unspecified atom stereocenters. The highest BCUT2D eigenvalue weighted by Gasteiger charge is 2.08. The Hall–Kier alpha value is -2.10. The summed E-state index contributed by atoms with van der Waals surface area (Å²) >= 11 is 5.89. The summed E-state index contributed by atoms with van der Waals surface area (Å²) in [4.78, 5) is 3.97. The smallest absolute Gasteiger partial charge is 0.0969 e. The first-order valence-corrected chi connectivity index (χ1v) is 7.10. The van der Waals surface area contributed by atoms with Gasteiger partial charge in [0.05, 0.1) is 19.0 Å². The monoisotopic (exact) mass is 298 g/mol. The predicted molar refractivity (Wildman–Crippen MR) is 84.1 cm³/mol. The van der Waals surface area contributed by atoms with Crippen LogP contribution in [-0.4, -0.2) is 14.7 Å². The van der Waals surface area contributed by atoms with Gasteiger partial charge >= 0.3 is 0 Å². The summed E-state index contributed by atoms with van der Waals surface area (Å²) < 4.78 is 1.86. The van der Waals surface area contributed by atoms with Gasteiger partial charge in [-0.15, -0.1) is 0 Å². The third-order valence-electron chi connectivity index (χ3n) is 3.42. The molecule has 0 spiro atoms. The summed E-state index contributed by atoms with van der Waals surface area (Å²) in [6.07, 6.45) is 4.70. The predicted octanol–water partition coefficient (Wildman–Crippen LogP) is 3.94.